The molecule has 101 heavy (non-hydrogen) atoms. The van der Waals surface area contributed by atoms with Gasteiger partial charge in [0.15, 0.2) is 0 Å². The molecule has 1 aromatic carbocycles. The van der Waals surface area contributed by atoms with Crippen LogP contribution in [-0.2, 0) is 23.4 Å². The first-order valence-electron chi connectivity index (χ1n) is 41.0. The number of benzene rings is 1. The first kappa shape index (κ1) is 81.8. The van der Waals surface area contributed by atoms with E-state index in [1.807, 2.05) is 6.92 Å². The van der Waals surface area contributed by atoms with Crippen molar-refractivity contribution in [1.29, 1.82) is 0 Å². The number of rotatable bonds is 2. The second-order valence-corrected chi connectivity index (χ2v) is 42.0. The zero-order chi connectivity index (χ0) is 71.0. The molecular formula is C84H132Cl2N7NaO6S. The summed E-state index contributed by atoms with van der Waals surface area (Å²) < 4.78 is 21.4. The Hall–Kier alpha value is -1.70. The number of aliphatic hydroxyl groups excluding tert-OH is 1. The van der Waals surface area contributed by atoms with Gasteiger partial charge in [-0.2, -0.15) is 0 Å². The summed E-state index contributed by atoms with van der Waals surface area (Å²) in [5.74, 6) is 16.2. The fraction of sp³-hybridized carbons (Fsp3) is 0.893. The number of nitrogens with zero attached hydrogens (tertiary/aromatic N) is 6. The molecule has 0 aliphatic heterocycles. The van der Waals surface area contributed by atoms with Crippen molar-refractivity contribution >= 4 is 37.1 Å². The molecule has 4 N–H and O–H groups in total. The molecule has 17 rings (SSSR count). The number of azide groups is 1. The van der Waals surface area contributed by atoms with Crippen LogP contribution >= 0.6 is 10.7 Å². The van der Waals surface area contributed by atoms with Crippen molar-refractivity contribution in [3.63, 3.8) is 0 Å². The Balaban J connectivity index is 0.000000136. The number of carbonyl (C=O) groups is 3. The summed E-state index contributed by atoms with van der Waals surface area (Å²) in [6, 6.07) is 7.35. The Kier molecular flexibility index (Phi) is 25.7. The Morgan fingerprint density at radius 1 is 0.475 bits per heavy atom. The average molecular weight is 1460 g/mol. The number of carbonyl (C=O) groups excluding carboxylic acids is 3. The summed E-state index contributed by atoms with van der Waals surface area (Å²) in [4.78, 5) is 41.9. The van der Waals surface area contributed by atoms with E-state index in [9.17, 15) is 27.9 Å². The number of aliphatic hydroxyl groups is 1. The number of hydrogen-bond acceptors (Lipinski definition) is 7. The van der Waals surface area contributed by atoms with Crippen molar-refractivity contribution in [3.8, 4) is 0 Å². The zero-order valence-corrected chi connectivity index (χ0v) is 68.9. The van der Waals surface area contributed by atoms with E-state index in [2.05, 4.69) is 78.1 Å². The van der Waals surface area contributed by atoms with Crippen LogP contribution in [0.2, 0.25) is 0 Å². The quantitative estimate of drug-likeness (QED) is 0.0958. The molecule has 1 aromatic rings. The van der Waals surface area contributed by atoms with Gasteiger partial charge in [-0.05, 0) is 351 Å². The predicted molar refractivity (Wildman–Crippen MR) is 396 cm³/mol. The van der Waals surface area contributed by atoms with Gasteiger partial charge >= 0.3 is 29.6 Å². The van der Waals surface area contributed by atoms with Gasteiger partial charge in [0.05, 0.1) is 17.0 Å². The van der Waals surface area contributed by atoms with Gasteiger partial charge in [0.2, 0.25) is 0 Å². The largest absolute Gasteiger partial charge is 1.00 e. The molecule has 0 spiro atoms. The van der Waals surface area contributed by atoms with E-state index in [0.29, 0.717) is 50.8 Å². The van der Waals surface area contributed by atoms with Crippen LogP contribution in [-0.4, -0.2) is 49.1 Å². The van der Waals surface area contributed by atoms with Gasteiger partial charge in [-0.1, -0.05) is 98.0 Å². The van der Waals surface area contributed by atoms with Gasteiger partial charge < -0.3 is 34.3 Å². The number of Topliss-reactive ketones (excluding diaryl/α,β-unsaturated/α-hetero) is 3. The van der Waals surface area contributed by atoms with Crippen LogP contribution in [0.3, 0.4) is 0 Å². The molecule has 0 amide bonds. The molecular weight excluding hydrogens is 1330 g/mol. The third-order valence-corrected chi connectivity index (χ3v) is 36.8. The van der Waals surface area contributed by atoms with E-state index in [1.54, 1.807) is 31.4 Å². The molecule has 17 heteroatoms. The maximum absolute atomic E-state index is 12.4. The van der Waals surface area contributed by atoms with Gasteiger partial charge in [-0.3, -0.25) is 19.3 Å². The predicted octanol–water partition coefficient (Wildman–Crippen LogP) is 15.3. The van der Waals surface area contributed by atoms with Gasteiger partial charge in [0, 0.05) is 63.6 Å². The molecule has 0 bridgehead atoms. The van der Waals surface area contributed by atoms with Crippen molar-refractivity contribution in [2.24, 2.45) is 149 Å². The van der Waals surface area contributed by atoms with Gasteiger partial charge in [-0.15, -0.1) is 0 Å². The number of quaternary nitrogens is 1. The summed E-state index contributed by atoms with van der Waals surface area (Å²) in [5.41, 5.74) is 30.6. The second kappa shape index (κ2) is 31.7. The molecule has 0 aromatic heterocycles. The minimum atomic E-state index is -3.55. The summed E-state index contributed by atoms with van der Waals surface area (Å²) in [6.07, 6.45) is 47.3. The van der Waals surface area contributed by atoms with Gasteiger partial charge in [-0.25, -0.2) is 8.42 Å². The molecule has 16 fully saturated rings. The molecule has 0 unspecified atom stereocenters. The molecule has 0 saturated heterocycles. The molecule has 28 atom stereocenters. The molecule has 16 saturated carbocycles. The van der Waals surface area contributed by atoms with Crippen molar-refractivity contribution in [1.82, 2.24) is 0 Å². The first-order valence-corrected chi connectivity index (χ1v) is 43.3. The third kappa shape index (κ3) is 15.1. The van der Waals surface area contributed by atoms with Crippen molar-refractivity contribution in [3.05, 3.63) is 56.2 Å². The van der Waals surface area contributed by atoms with Crippen LogP contribution in [0.25, 0.3) is 26.4 Å². The fourth-order valence-electron chi connectivity index (χ4n) is 29.5. The summed E-state index contributed by atoms with van der Waals surface area (Å²) in [7, 11) is 1.54. The molecule has 16 aliphatic carbocycles. The SMILES string of the molecule is C[C@@]12CCC[C@H]1[C@@H]1CC[C@H]3C[C@H]([NH3+])CC[C@]3(C)[C@H]1CC2.C[C@H]1CC[C@@]2(C)[C@@H](CC[C@@H]3[C@@H]2CC[C@]2(C)C(=O)CC[C@@H]32)C1.C[C@]12CC[C@@H](N=[N+]=[N-])C[C@@H]1CC[C@@H]1[C@@H]2CC[C@]2(C)C(=O)CC[C@@H]12.C[C@]12CC[C@H](O)C[C@@H]1CC[C@@H]1[C@@H]2CC[C@]2(C)C(=O)CC[C@@H]12.Cc1ccc(S(=O)(=O)Cl)cc1.[Cl-].[N-]=[N+]=[N-].[Na+]. The monoisotopic (exact) mass is 1460 g/mol. The molecule has 560 valence electrons. The summed E-state index contributed by atoms with van der Waals surface area (Å²) in [6.45, 7) is 24.1. The van der Waals surface area contributed by atoms with E-state index in [0.717, 1.165) is 176 Å². The number of hydrogen-bond donors (Lipinski definition) is 2. The minimum Gasteiger partial charge on any atom is -1.00 e. The third-order valence-electron chi connectivity index (χ3n) is 35.4. The Labute approximate surface area is 643 Å². The number of fused-ring (bicyclic) bond motifs is 20. The Bertz CT molecular complexity index is 3230. The summed E-state index contributed by atoms with van der Waals surface area (Å²) >= 11 is 0. The van der Waals surface area contributed by atoms with Gasteiger partial charge in [0.25, 0.3) is 9.05 Å². The maximum atomic E-state index is 12.4. The first-order chi connectivity index (χ1) is 46.8. The van der Waals surface area contributed by atoms with E-state index < -0.39 is 9.05 Å². The number of halogens is 2. The number of aryl methyl sites for hydroxylation is 1. The number of ketones is 3. The molecule has 16 aliphatic rings. The molecule has 0 radical (unpaired) electrons. The normalized spacial score (nSPS) is 48.3. The molecule has 13 nitrogen and oxygen atoms in total. The Morgan fingerprint density at radius 2 is 0.861 bits per heavy atom. The van der Waals surface area contributed by atoms with Crippen LogP contribution in [0.15, 0.2) is 34.3 Å². The average Bonchev–Trinajstić information content (AvgIpc) is 1.73. The van der Waals surface area contributed by atoms with Crippen molar-refractivity contribution in [2.75, 3.05) is 0 Å². The van der Waals surface area contributed by atoms with Crippen molar-refractivity contribution < 1.29 is 75.6 Å². The van der Waals surface area contributed by atoms with Crippen LogP contribution in [0.5, 0.6) is 0 Å². The smallest absolute Gasteiger partial charge is 1.00 e. The van der Waals surface area contributed by atoms with Crippen LogP contribution in [0, 0.1) is 151 Å². The minimum absolute atomic E-state index is 0. The second-order valence-electron chi connectivity index (χ2n) is 39.4. The Morgan fingerprint density at radius 3 is 1.31 bits per heavy atom. The van der Waals surface area contributed by atoms with E-state index in [4.69, 9.17) is 27.3 Å². The maximum Gasteiger partial charge on any atom is 1.00 e. The van der Waals surface area contributed by atoms with E-state index in [1.165, 1.54) is 165 Å². The zero-order valence-electron chi connectivity index (χ0n) is 64.6. The summed E-state index contributed by atoms with van der Waals surface area (Å²) in [5, 5.41) is 14.1. The fourth-order valence-corrected chi connectivity index (χ4v) is 30.2. The molecule has 0 heterocycles. The van der Waals surface area contributed by atoms with Crippen LogP contribution < -0.4 is 47.7 Å². The van der Waals surface area contributed by atoms with Crippen molar-refractivity contribution in [2.45, 2.75) is 330 Å². The van der Waals surface area contributed by atoms with E-state index in [-0.39, 0.29) is 75.3 Å². The van der Waals surface area contributed by atoms with Crippen LogP contribution in [0.1, 0.15) is 305 Å². The van der Waals surface area contributed by atoms with E-state index >= 15 is 0 Å². The van der Waals surface area contributed by atoms with Crippen LogP contribution in [0.4, 0.5) is 0 Å². The van der Waals surface area contributed by atoms with Gasteiger partial charge in [0.1, 0.15) is 17.3 Å². The standard InChI is InChI=1S/C20H32O.C19H29N3O.C19H33N.C19H30O2.C7H7ClO2S.ClH.N3.Na/c1-13-8-10-19(2)14(12-13)4-5-15-16-6-7-18(21)20(16,3)11-9-17(15)19;1-18-9-7-13(21-22-20)11-12(18)3-4-14-15-5-6-17(23)19(15,2)10-8-16(14)18;1-18-9-3-4-16(18)15-6-5-13-12-14(20)7-11-19(13,2)17(15)8-10-18;1-18-9-7-13(20)11-12(18)3-4-14-15-5-6-17(21)19(15,2)10-8-16(14)18;1-6-2-4-7(5-3-6)11(8,9)10;;1-3-2;/h13-17H,4-12H2,1-3H3;12-16H,3-11H2,1-2H3;13-17H,3-12,20H2,1-2H3;12-16,20H,3-11H2,1-2H3;2-5H,1H3;1H;;/q;;;;;;-1;+1/t13-,14-,15-,16-,17-,19-,20-;12-,13+,14-,15-,16-,18-,19-;13-,14+,15-,16-,17-,18-,19-;12-,13-,14-,15-,16-,18-,19-;;;;/m0000..../s1. The topological polar surface area (TPSA) is 241 Å².